The number of hydrogen-bond acceptors (Lipinski definition) is 3. The molecule has 0 radical (unpaired) electrons. The van der Waals surface area contributed by atoms with E-state index in [4.69, 9.17) is 0 Å². The summed E-state index contributed by atoms with van der Waals surface area (Å²) in [5, 5.41) is 2.44. The number of aromatic nitrogens is 2. The molecule has 0 saturated carbocycles. The van der Waals surface area contributed by atoms with E-state index in [1.807, 2.05) is 32.0 Å². The van der Waals surface area contributed by atoms with Crippen molar-refractivity contribution in [1.82, 2.24) is 14.9 Å². The molecule has 20 heavy (non-hydrogen) atoms. The van der Waals surface area contributed by atoms with Gasteiger partial charge in [0, 0.05) is 13.2 Å². The van der Waals surface area contributed by atoms with Crippen molar-refractivity contribution in [2.75, 3.05) is 7.05 Å². The van der Waals surface area contributed by atoms with Gasteiger partial charge in [0.1, 0.15) is 5.56 Å². The number of rotatable bonds is 3. The fourth-order valence-electron chi connectivity index (χ4n) is 1.95. The Kier molecular flexibility index (Phi) is 3.98. The fourth-order valence-corrected chi connectivity index (χ4v) is 1.95. The molecule has 0 fully saturated rings. The van der Waals surface area contributed by atoms with E-state index in [1.54, 1.807) is 0 Å². The fraction of sp³-hybridized carbons (Fsp3) is 0.267. The van der Waals surface area contributed by atoms with E-state index < -0.39 is 5.91 Å². The van der Waals surface area contributed by atoms with E-state index in [2.05, 4.69) is 10.3 Å². The van der Waals surface area contributed by atoms with Gasteiger partial charge in [-0.2, -0.15) is 0 Å². The Balaban J connectivity index is 2.37. The zero-order valence-electron chi connectivity index (χ0n) is 11.8. The predicted octanol–water partition coefficient (Wildman–Crippen LogP) is 1.27. The molecule has 0 aliphatic carbocycles. The monoisotopic (exact) mass is 271 g/mol. The Hall–Kier alpha value is -2.43. The maximum atomic E-state index is 12.2. The van der Waals surface area contributed by atoms with Crippen LogP contribution in [0.4, 0.5) is 0 Å². The molecule has 0 unspecified atom stereocenters. The maximum absolute atomic E-state index is 12.2. The minimum Gasteiger partial charge on any atom is -0.355 e. The summed E-state index contributed by atoms with van der Waals surface area (Å²) in [4.78, 5) is 27.7. The molecule has 1 aromatic carbocycles. The van der Waals surface area contributed by atoms with Crippen LogP contribution in [-0.2, 0) is 6.54 Å². The van der Waals surface area contributed by atoms with E-state index in [1.165, 1.54) is 35.3 Å². The normalized spacial score (nSPS) is 10.3. The number of hydrogen-bond donors (Lipinski definition) is 1. The maximum Gasteiger partial charge on any atom is 0.266 e. The molecule has 0 bridgehead atoms. The van der Waals surface area contributed by atoms with Crippen LogP contribution < -0.4 is 10.9 Å². The Labute approximate surface area is 117 Å². The Morgan fingerprint density at radius 1 is 1.30 bits per heavy atom. The average molecular weight is 271 g/mol. The van der Waals surface area contributed by atoms with Crippen LogP contribution in [0.15, 0.2) is 35.5 Å². The molecule has 104 valence electrons. The molecular weight excluding hydrogens is 254 g/mol. The minimum absolute atomic E-state index is 0.0545. The van der Waals surface area contributed by atoms with Crippen molar-refractivity contribution in [2.45, 2.75) is 20.4 Å². The third-order valence-electron chi connectivity index (χ3n) is 3.30. The molecule has 0 atom stereocenters. The highest BCUT2D eigenvalue weighted by Gasteiger charge is 2.11. The Morgan fingerprint density at radius 3 is 2.70 bits per heavy atom. The molecule has 5 nitrogen and oxygen atoms in total. The summed E-state index contributed by atoms with van der Waals surface area (Å²) in [5.41, 5.74) is 3.10. The van der Waals surface area contributed by atoms with Crippen molar-refractivity contribution >= 4 is 5.91 Å². The molecule has 1 amide bonds. The summed E-state index contributed by atoms with van der Waals surface area (Å²) >= 11 is 0. The third-order valence-corrected chi connectivity index (χ3v) is 3.30. The van der Waals surface area contributed by atoms with Crippen molar-refractivity contribution in [3.05, 3.63) is 63.3 Å². The first-order valence-electron chi connectivity index (χ1n) is 6.35. The lowest BCUT2D eigenvalue weighted by Crippen LogP contribution is -2.31. The van der Waals surface area contributed by atoms with Crippen LogP contribution in [-0.4, -0.2) is 22.5 Å². The number of nitrogens with one attached hydrogen (secondary N) is 1. The summed E-state index contributed by atoms with van der Waals surface area (Å²) in [6.07, 6.45) is 2.74. The average Bonchev–Trinajstić information content (AvgIpc) is 2.44. The van der Waals surface area contributed by atoms with Gasteiger partial charge in [0.05, 0.1) is 12.9 Å². The number of carbonyl (C=O) groups is 1. The van der Waals surface area contributed by atoms with Gasteiger partial charge < -0.3 is 5.32 Å². The van der Waals surface area contributed by atoms with Crippen LogP contribution in [0.3, 0.4) is 0 Å². The third kappa shape index (κ3) is 2.77. The number of benzene rings is 1. The van der Waals surface area contributed by atoms with Gasteiger partial charge in [0.2, 0.25) is 0 Å². The van der Waals surface area contributed by atoms with Gasteiger partial charge in [-0.3, -0.25) is 14.2 Å². The molecule has 1 heterocycles. The van der Waals surface area contributed by atoms with E-state index >= 15 is 0 Å². The highest BCUT2D eigenvalue weighted by atomic mass is 16.2. The molecule has 0 aliphatic rings. The van der Waals surface area contributed by atoms with Gasteiger partial charge in [-0.25, -0.2) is 4.98 Å². The number of carbonyl (C=O) groups excluding carboxylic acids is 1. The van der Waals surface area contributed by atoms with Crippen molar-refractivity contribution in [3.8, 4) is 0 Å². The first-order chi connectivity index (χ1) is 9.52. The van der Waals surface area contributed by atoms with Gasteiger partial charge in [-0.05, 0) is 30.5 Å². The van der Waals surface area contributed by atoms with Gasteiger partial charge in [-0.15, -0.1) is 0 Å². The molecule has 2 aromatic rings. The lowest BCUT2D eigenvalue weighted by atomic mass is 10.1. The molecule has 1 aromatic heterocycles. The zero-order chi connectivity index (χ0) is 14.7. The first-order valence-corrected chi connectivity index (χ1v) is 6.35. The summed E-state index contributed by atoms with van der Waals surface area (Å²) in [7, 11) is 1.49. The number of amides is 1. The van der Waals surface area contributed by atoms with Crippen molar-refractivity contribution < 1.29 is 4.79 Å². The van der Waals surface area contributed by atoms with Gasteiger partial charge in [0.25, 0.3) is 11.5 Å². The second kappa shape index (κ2) is 5.69. The highest BCUT2D eigenvalue weighted by molar-refractivity contribution is 5.93. The van der Waals surface area contributed by atoms with Crippen LogP contribution >= 0.6 is 0 Å². The molecule has 0 spiro atoms. The molecule has 2 rings (SSSR count). The highest BCUT2D eigenvalue weighted by Crippen LogP contribution is 2.10. The van der Waals surface area contributed by atoms with Gasteiger partial charge in [-0.1, -0.05) is 18.2 Å². The Bertz CT molecular complexity index is 705. The lowest BCUT2D eigenvalue weighted by Gasteiger charge is -2.08. The van der Waals surface area contributed by atoms with Crippen LogP contribution in [0.1, 0.15) is 27.0 Å². The number of nitrogens with zero attached hydrogens (tertiary/aromatic N) is 2. The first kappa shape index (κ1) is 14.0. The summed E-state index contributed by atoms with van der Waals surface area (Å²) < 4.78 is 1.44. The van der Waals surface area contributed by atoms with Crippen molar-refractivity contribution in [1.29, 1.82) is 0 Å². The molecule has 0 aliphatic heterocycles. The van der Waals surface area contributed by atoms with E-state index in [0.29, 0.717) is 6.54 Å². The van der Waals surface area contributed by atoms with Crippen LogP contribution in [0.5, 0.6) is 0 Å². The van der Waals surface area contributed by atoms with E-state index in [9.17, 15) is 9.59 Å². The van der Waals surface area contributed by atoms with Crippen LogP contribution in [0, 0.1) is 13.8 Å². The lowest BCUT2D eigenvalue weighted by molar-refractivity contribution is 0.0960. The summed E-state index contributed by atoms with van der Waals surface area (Å²) in [5.74, 6) is -0.420. The topological polar surface area (TPSA) is 64.0 Å². The van der Waals surface area contributed by atoms with E-state index in [-0.39, 0.29) is 11.1 Å². The van der Waals surface area contributed by atoms with Crippen molar-refractivity contribution in [2.24, 2.45) is 0 Å². The standard InChI is InChI=1S/C15H17N3O2/c1-10-4-5-12(6-11(10)2)8-18-9-17-7-13(15(18)20)14(19)16-3/h4-7,9H,8H2,1-3H3,(H,16,19). The SMILES string of the molecule is CNC(=O)c1cncn(Cc2ccc(C)c(C)c2)c1=O. The quantitative estimate of drug-likeness (QED) is 0.914. The molecular formula is C15H17N3O2. The van der Waals surface area contributed by atoms with Gasteiger partial charge in [0.15, 0.2) is 0 Å². The largest absolute Gasteiger partial charge is 0.355 e. The summed E-state index contributed by atoms with van der Waals surface area (Å²) in [6, 6.07) is 6.03. The second-order valence-corrected chi connectivity index (χ2v) is 4.74. The van der Waals surface area contributed by atoms with Gasteiger partial charge >= 0.3 is 0 Å². The zero-order valence-corrected chi connectivity index (χ0v) is 11.8. The number of aryl methyl sites for hydroxylation is 2. The van der Waals surface area contributed by atoms with Crippen LogP contribution in [0.2, 0.25) is 0 Å². The molecule has 5 heteroatoms. The molecule has 0 saturated heterocycles. The second-order valence-electron chi connectivity index (χ2n) is 4.74. The van der Waals surface area contributed by atoms with E-state index in [0.717, 1.165) is 5.56 Å². The van der Waals surface area contributed by atoms with Crippen molar-refractivity contribution in [3.63, 3.8) is 0 Å². The van der Waals surface area contributed by atoms with Crippen LogP contribution in [0.25, 0.3) is 0 Å². The predicted molar refractivity (Wildman–Crippen MR) is 76.9 cm³/mol. The minimum atomic E-state index is -0.420. The molecule has 1 N–H and O–H groups in total. The smallest absolute Gasteiger partial charge is 0.266 e. The Morgan fingerprint density at radius 2 is 2.05 bits per heavy atom. The summed E-state index contributed by atoms with van der Waals surface area (Å²) in [6.45, 7) is 4.47.